The van der Waals surface area contributed by atoms with E-state index in [0.29, 0.717) is 25.1 Å². The van der Waals surface area contributed by atoms with Gasteiger partial charge in [-0.3, -0.25) is 4.79 Å². The molecule has 1 aromatic carbocycles. The van der Waals surface area contributed by atoms with Crippen molar-refractivity contribution in [2.24, 2.45) is 5.92 Å². The molecule has 1 amide bonds. The number of H-pyrrole nitrogens is 1. The SMILES string of the molecule is CC(Cc1ccc(-c2nn[nH]n2)cc1)C(=O)N1CC2(F)CC1C2. The molecule has 2 aliphatic heterocycles. The molecule has 23 heavy (non-hydrogen) atoms. The van der Waals surface area contributed by atoms with Crippen LogP contribution >= 0.6 is 0 Å². The minimum Gasteiger partial charge on any atom is -0.336 e. The van der Waals surface area contributed by atoms with Gasteiger partial charge in [0.1, 0.15) is 5.67 Å². The quantitative estimate of drug-likeness (QED) is 0.933. The number of carbonyl (C=O) groups excluding carboxylic acids is 1. The maximum absolute atomic E-state index is 13.9. The van der Waals surface area contributed by atoms with Gasteiger partial charge in [0, 0.05) is 30.4 Å². The Morgan fingerprint density at radius 3 is 2.74 bits per heavy atom. The van der Waals surface area contributed by atoms with Crippen LogP contribution in [0.15, 0.2) is 24.3 Å². The van der Waals surface area contributed by atoms with Crippen LogP contribution in [0, 0.1) is 5.92 Å². The third-order valence-corrected chi connectivity index (χ3v) is 4.90. The first-order chi connectivity index (χ1) is 11.0. The zero-order valence-electron chi connectivity index (χ0n) is 12.9. The maximum atomic E-state index is 13.9. The van der Waals surface area contributed by atoms with Crippen LogP contribution in [0.1, 0.15) is 25.3 Å². The van der Waals surface area contributed by atoms with Gasteiger partial charge in [-0.2, -0.15) is 5.21 Å². The van der Waals surface area contributed by atoms with E-state index in [1.807, 2.05) is 31.2 Å². The van der Waals surface area contributed by atoms with Crippen molar-refractivity contribution >= 4 is 5.91 Å². The Labute approximate surface area is 133 Å². The molecule has 0 spiro atoms. The number of amides is 1. The van der Waals surface area contributed by atoms with E-state index in [2.05, 4.69) is 20.6 Å². The van der Waals surface area contributed by atoms with E-state index in [-0.39, 0.29) is 24.4 Å². The van der Waals surface area contributed by atoms with Gasteiger partial charge in [-0.25, -0.2) is 4.39 Å². The molecule has 3 fully saturated rings. The largest absolute Gasteiger partial charge is 0.336 e. The normalized spacial score (nSPS) is 26.9. The summed E-state index contributed by atoms with van der Waals surface area (Å²) < 4.78 is 13.9. The first kappa shape index (κ1) is 14.3. The smallest absolute Gasteiger partial charge is 0.226 e. The van der Waals surface area contributed by atoms with E-state index in [1.54, 1.807) is 4.90 Å². The van der Waals surface area contributed by atoms with Gasteiger partial charge in [0.2, 0.25) is 11.7 Å². The van der Waals surface area contributed by atoms with E-state index in [0.717, 1.165) is 11.1 Å². The second-order valence-corrected chi connectivity index (χ2v) is 6.72. The van der Waals surface area contributed by atoms with Crippen LogP contribution in [0.4, 0.5) is 4.39 Å². The number of hydrogen-bond acceptors (Lipinski definition) is 4. The van der Waals surface area contributed by atoms with Gasteiger partial charge in [0.05, 0.1) is 6.54 Å². The number of benzene rings is 1. The van der Waals surface area contributed by atoms with Crippen LogP contribution in [0.2, 0.25) is 0 Å². The average molecular weight is 315 g/mol. The predicted molar refractivity (Wildman–Crippen MR) is 81.1 cm³/mol. The van der Waals surface area contributed by atoms with Gasteiger partial charge in [-0.1, -0.05) is 31.2 Å². The van der Waals surface area contributed by atoms with E-state index in [9.17, 15) is 9.18 Å². The van der Waals surface area contributed by atoms with Crippen molar-refractivity contribution in [3.63, 3.8) is 0 Å². The molecule has 3 aliphatic rings. The third-order valence-electron chi connectivity index (χ3n) is 4.90. The molecule has 7 heteroatoms. The third kappa shape index (κ3) is 2.50. The lowest BCUT2D eigenvalue weighted by Crippen LogP contribution is -2.39. The highest BCUT2D eigenvalue weighted by Crippen LogP contribution is 2.47. The molecule has 2 aromatic rings. The monoisotopic (exact) mass is 315 g/mol. The minimum atomic E-state index is -1.10. The molecule has 3 heterocycles. The summed E-state index contributed by atoms with van der Waals surface area (Å²) in [5.41, 5.74) is 0.840. The number of carbonyl (C=O) groups is 1. The number of halogens is 1. The summed E-state index contributed by atoms with van der Waals surface area (Å²) in [6.45, 7) is 2.19. The van der Waals surface area contributed by atoms with E-state index >= 15 is 0 Å². The summed E-state index contributed by atoms with van der Waals surface area (Å²) in [5.74, 6) is 0.467. The van der Waals surface area contributed by atoms with E-state index in [4.69, 9.17) is 0 Å². The van der Waals surface area contributed by atoms with Crippen LogP contribution in [-0.4, -0.2) is 49.7 Å². The molecule has 2 saturated heterocycles. The molecule has 0 radical (unpaired) electrons. The van der Waals surface area contributed by atoms with Crippen LogP contribution in [0.5, 0.6) is 0 Å². The van der Waals surface area contributed by atoms with Crippen LogP contribution in [0.25, 0.3) is 11.4 Å². The number of nitrogens with zero attached hydrogens (tertiary/aromatic N) is 4. The van der Waals surface area contributed by atoms with Crippen LogP contribution in [-0.2, 0) is 11.2 Å². The van der Waals surface area contributed by atoms with Crippen molar-refractivity contribution in [3.8, 4) is 11.4 Å². The molecule has 1 aromatic heterocycles. The summed E-state index contributed by atoms with van der Waals surface area (Å²) in [4.78, 5) is 14.2. The van der Waals surface area contributed by atoms with Gasteiger partial charge in [0.15, 0.2) is 0 Å². The lowest BCUT2D eigenvalue weighted by molar-refractivity contribution is -0.135. The molecule has 120 valence electrons. The average Bonchev–Trinajstić information content (AvgIpc) is 3.21. The molecular formula is C16H18FN5O. The lowest BCUT2D eigenvalue weighted by atomic mass is 9.83. The fourth-order valence-corrected chi connectivity index (χ4v) is 3.62. The summed E-state index contributed by atoms with van der Waals surface area (Å²) in [6, 6.07) is 7.89. The molecule has 6 nitrogen and oxygen atoms in total. The highest BCUT2D eigenvalue weighted by Gasteiger charge is 2.57. The Morgan fingerprint density at radius 2 is 2.17 bits per heavy atom. The minimum absolute atomic E-state index is 0.0641. The summed E-state index contributed by atoms with van der Waals surface area (Å²) >= 11 is 0. The van der Waals surface area contributed by atoms with Gasteiger partial charge < -0.3 is 4.90 Å². The van der Waals surface area contributed by atoms with Crippen molar-refractivity contribution in [2.45, 2.75) is 37.9 Å². The standard InChI is InChI=1S/C16H18FN5O/c1-10(15(23)22-9-16(17)7-13(22)8-16)6-11-2-4-12(5-3-11)14-18-20-21-19-14/h2-5,10,13H,6-9H2,1H3,(H,18,19,20,21). The lowest BCUT2D eigenvalue weighted by Gasteiger charge is -2.30. The molecule has 5 rings (SSSR count). The predicted octanol–water partition coefficient (Wildman–Crippen LogP) is 1.76. The van der Waals surface area contributed by atoms with Crippen molar-refractivity contribution in [2.75, 3.05) is 6.54 Å². The van der Waals surface area contributed by atoms with Crippen LogP contribution in [0.3, 0.4) is 0 Å². The number of alkyl halides is 1. The highest BCUT2D eigenvalue weighted by atomic mass is 19.1. The van der Waals surface area contributed by atoms with Crippen LogP contribution < -0.4 is 0 Å². The van der Waals surface area contributed by atoms with Gasteiger partial charge in [-0.15, -0.1) is 10.2 Å². The van der Waals surface area contributed by atoms with E-state index < -0.39 is 5.67 Å². The summed E-state index contributed by atoms with van der Waals surface area (Å²) in [5, 5.41) is 13.8. The van der Waals surface area contributed by atoms with E-state index in [1.165, 1.54) is 0 Å². The first-order valence-corrected chi connectivity index (χ1v) is 7.86. The molecule has 1 unspecified atom stereocenters. The molecule has 1 aliphatic carbocycles. The summed E-state index contributed by atoms with van der Waals surface area (Å²) in [6.07, 6.45) is 1.68. The number of rotatable bonds is 4. The molecule has 1 saturated carbocycles. The van der Waals surface area contributed by atoms with Gasteiger partial charge >= 0.3 is 0 Å². The number of aromatic nitrogens is 4. The Bertz CT molecular complexity index is 709. The highest BCUT2D eigenvalue weighted by molar-refractivity contribution is 5.80. The zero-order chi connectivity index (χ0) is 16.0. The number of fused-ring (bicyclic) bond motifs is 1. The first-order valence-electron chi connectivity index (χ1n) is 7.86. The Morgan fingerprint density at radius 1 is 1.43 bits per heavy atom. The summed E-state index contributed by atoms with van der Waals surface area (Å²) in [7, 11) is 0. The Balaban J connectivity index is 1.40. The second kappa shape index (κ2) is 5.11. The molecular weight excluding hydrogens is 297 g/mol. The Kier molecular flexibility index (Phi) is 3.18. The number of hydrogen-bond donors (Lipinski definition) is 1. The van der Waals surface area contributed by atoms with Crippen molar-refractivity contribution < 1.29 is 9.18 Å². The molecule has 2 bridgehead atoms. The molecule has 1 atom stereocenters. The number of aromatic amines is 1. The zero-order valence-corrected chi connectivity index (χ0v) is 12.9. The number of nitrogens with one attached hydrogen (secondary N) is 1. The number of tetrazole rings is 1. The van der Waals surface area contributed by atoms with Crippen molar-refractivity contribution in [1.29, 1.82) is 0 Å². The van der Waals surface area contributed by atoms with Crippen molar-refractivity contribution in [3.05, 3.63) is 29.8 Å². The fourth-order valence-electron chi connectivity index (χ4n) is 3.62. The maximum Gasteiger partial charge on any atom is 0.226 e. The van der Waals surface area contributed by atoms with Gasteiger partial charge in [0.25, 0.3) is 0 Å². The molecule has 1 N–H and O–H groups in total. The van der Waals surface area contributed by atoms with Gasteiger partial charge in [-0.05, 0) is 17.2 Å². The fraction of sp³-hybridized carbons (Fsp3) is 0.500. The Hall–Kier alpha value is -2.31. The second-order valence-electron chi connectivity index (χ2n) is 6.72. The van der Waals surface area contributed by atoms with Crippen molar-refractivity contribution in [1.82, 2.24) is 25.5 Å². The topological polar surface area (TPSA) is 74.8 Å².